The Morgan fingerprint density at radius 1 is 1.26 bits per heavy atom. The molecule has 0 unspecified atom stereocenters. The monoisotopic (exact) mass is 375 g/mol. The average Bonchev–Trinajstić information content (AvgIpc) is 2.83. The molecule has 0 aromatic heterocycles. The summed E-state index contributed by atoms with van der Waals surface area (Å²) in [5, 5.41) is 2.74. The number of imide groups is 1. The zero-order valence-corrected chi connectivity index (χ0v) is 16.1. The van der Waals surface area contributed by atoms with E-state index in [-0.39, 0.29) is 37.9 Å². The highest BCUT2D eigenvalue weighted by Crippen LogP contribution is 2.16. The molecule has 8 nitrogen and oxygen atoms in total. The molecule has 1 aliphatic rings. The van der Waals surface area contributed by atoms with Crippen molar-refractivity contribution in [1.82, 2.24) is 9.80 Å². The number of anilines is 1. The maximum Gasteiger partial charge on any atom is 0.326 e. The molecule has 146 valence electrons. The van der Waals surface area contributed by atoms with Gasteiger partial charge in [0.05, 0.1) is 0 Å². The van der Waals surface area contributed by atoms with Gasteiger partial charge in [-0.05, 0) is 38.8 Å². The summed E-state index contributed by atoms with van der Waals surface area (Å²) in [4.78, 5) is 50.0. The third-order valence-electron chi connectivity index (χ3n) is 4.31. The smallest absolute Gasteiger partial charge is 0.326 e. The second kappa shape index (κ2) is 8.66. The number of ether oxygens (including phenoxy) is 1. The van der Waals surface area contributed by atoms with Crippen LogP contribution in [0.1, 0.15) is 30.9 Å². The Balaban J connectivity index is 1.77. The van der Waals surface area contributed by atoms with Crippen molar-refractivity contribution >= 4 is 29.5 Å². The quantitative estimate of drug-likeness (QED) is 0.580. The molecule has 1 fully saturated rings. The first-order valence-electron chi connectivity index (χ1n) is 8.82. The third kappa shape index (κ3) is 5.29. The molecule has 1 aromatic rings. The minimum Gasteiger partial charge on any atom is -0.453 e. The molecule has 2 rings (SSSR count). The first-order valence-corrected chi connectivity index (χ1v) is 8.82. The van der Waals surface area contributed by atoms with Crippen LogP contribution >= 0.6 is 0 Å². The van der Waals surface area contributed by atoms with Gasteiger partial charge in [0, 0.05) is 25.7 Å². The number of carbonyl (C=O) groups is 4. The number of carbonyl (C=O) groups excluding carboxylic acids is 4. The predicted octanol–water partition coefficient (Wildman–Crippen LogP) is 1.85. The van der Waals surface area contributed by atoms with Crippen molar-refractivity contribution in [3.63, 3.8) is 0 Å². The van der Waals surface area contributed by atoms with E-state index in [1.165, 1.54) is 11.8 Å². The lowest BCUT2D eigenvalue weighted by Crippen LogP contribution is -2.33. The van der Waals surface area contributed by atoms with Crippen LogP contribution in [0.25, 0.3) is 0 Å². The summed E-state index contributed by atoms with van der Waals surface area (Å²) < 4.78 is 5.14. The lowest BCUT2D eigenvalue weighted by atomic mass is 10.1. The second-order valence-electron chi connectivity index (χ2n) is 6.73. The van der Waals surface area contributed by atoms with E-state index in [1.807, 2.05) is 26.0 Å². The number of benzene rings is 1. The van der Waals surface area contributed by atoms with E-state index < -0.39 is 18.0 Å². The Morgan fingerprint density at radius 3 is 2.56 bits per heavy atom. The van der Waals surface area contributed by atoms with Gasteiger partial charge < -0.3 is 15.0 Å². The molecule has 1 saturated heterocycles. The maximum atomic E-state index is 12.2. The summed E-state index contributed by atoms with van der Waals surface area (Å²) in [6.45, 7) is 5.56. The summed E-state index contributed by atoms with van der Waals surface area (Å²) in [5.41, 5.74) is 2.68. The summed E-state index contributed by atoms with van der Waals surface area (Å²) in [6.07, 6.45) is -0.642. The number of rotatable bonds is 7. The molecule has 1 heterocycles. The van der Waals surface area contributed by atoms with Crippen LogP contribution < -0.4 is 5.32 Å². The number of hydrogen-bond acceptors (Lipinski definition) is 5. The topological polar surface area (TPSA) is 96.0 Å². The van der Waals surface area contributed by atoms with E-state index in [2.05, 4.69) is 5.32 Å². The maximum absolute atomic E-state index is 12.2. The van der Waals surface area contributed by atoms with Crippen LogP contribution in [0, 0.1) is 13.8 Å². The molecule has 0 bridgehead atoms. The third-order valence-corrected chi connectivity index (χ3v) is 4.31. The Morgan fingerprint density at radius 2 is 1.96 bits per heavy atom. The molecular weight excluding hydrogens is 350 g/mol. The largest absolute Gasteiger partial charge is 0.453 e. The molecule has 0 radical (unpaired) electrons. The van der Waals surface area contributed by atoms with Crippen LogP contribution in [0.3, 0.4) is 0 Å². The number of likely N-dealkylation sites (N-methyl/N-ethyl adjacent to an activating group) is 1. The molecule has 0 saturated carbocycles. The second-order valence-corrected chi connectivity index (χ2v) is 6.73. The Labute approximate surface area is 158 Å². The van der Waals surface area contributed by atoms with Crippen LogP contribution in [0.15, 0.2) is 18.2 Å². The van der Waals surface area contributed by atoms with E-state index >= 15 is 0 Å². The van der Waals surface area contributed by atoms with E-state index in [9.17, 15) is 19.2 Å². The van der Waals surface area contributed by atoms with Gasteiger partial charge in [0.15, 0.2) is 6.10 Å². The Bertz CT molecular complexity index is 762. The number of nitrogens with one attached hydrogen (secondary N) is 1. The van der Waals surface area contributed by atoms with Crippen molar-refractivity contribution in [3.8, 4) is 0 Å². The zero-order chi connectivity index (χ0) is 20.1. The highest BCUT2D eigenvalue weighted by Gasteiger charge is 2.33. The average molecular weight is 375 g/mol. The lowest BCUT2D eigenvalue weighted by molar-refractivity contribution is -0.153. The summed E-state index contributed by atoms with van der Waals surface area (Å²) in [5.74, 6) is -1.25. The lowest BCUT2D eigenvalue weighted by Gasteiger charge is -2.16. The predicted molar refractivity (Wildman–Crippen MR) is 99.1 cm³/mol. The van der Waals surface area contributed by atoms with Crippen LogP contribution in [-0.2, 0) is 19.1 Å². The minimum atomic E-state index is -0.945. The van der Waals surface area contributed by atoms with Gasteiger partial charge in [-0.15, -0.1) is 0 Å². The van der Waals surface area contributed by atoms with E-state index in [4.69, 9.17) is 4.74 Å². The van der Waals surface area contributed by atoms with Crippen LogP contribution in [0.2, 0.25) is 0 Å². The van der Waals surface area contributed by atoms with E-state index in [0.717, 1.165) is 16.0 Å². The Hall–Kier alpha value is -2.90. The van der Waals surface area contributed by atoms with Crippen LogP contribution in [-0.4, -0.2) is 59.9 Å². The number of amides is 4. The van der Waals surface area contributed by atoms with Gasteiger partial charge in [0.2, 0.25) is 5.91 Å². The molecule has 27 heavy (non-hydrogen) atoms. The van der Waals surface area contributed by atoms with Gasteiger partial charge in [-0.2, -0.15) is 0 Å². The molecule has 1 N–H and O–H groups in total. The van der Waals surface area contributed by atoms with E-state index in [1.54, 1.807) is 13.1 Å². The normalized spacial score (nSPS) is 15.1. The highest BCUT2D eigenvalue weighted by atomic mass is 16.5. The number of urea groups is 1. The van der Waals surface area contributed by atoms with Gasteiger partial charge >= 0.3 is 12.0 Å². The summed E-state index contributed by atoms with van der Waals surface area (Å²) in [7, 11) is 1.55. The van der Waals surface area contributed by atoms with Gasteiger partial charge in [0.25, 0.3) is 5.91 Å². The van der Waals surface area contributed by atoms with Gasteiger partial charge in [0.1, 0.15) is 6.54 Å². The minimum absolute atomic E-state index is 0.0158. The summed E-state index contributed by atoms with van der Waals surface area (Å²) in [6, 6.07) is 5.27. The molecule has 8 heteroatoms. The fraction of sp³-hybridized carbons (Fsp3) is 0.474. The van der Waals surface area contributed by atoms with Crippen LogP contribution in [0.5, 0.6) is 0 Å². The van der Waals surface area contributed by atoms with Crippen molar-refractivity contribution in [2.75, 3.05) is 25.5 Å². The first kappa shape index (κ1) is 20.4. The van der Waals surface area contributed by atoms with Crippen LogP contribution in [0.4, 0.5) is 10.5 Å². The fourth-order valence-electron chi connectivity index (χ4n) is 2.77. The SMILES string of the molecule is Cc1ccc(NC(=O)[C@@H](C)OC(=O)CCCN2C(=O)CN(C)C2=O)c(C)c1. The van der Waals surface area contributed by atoms with Gasteiger partial charge in [-0.25, -0.2) is 4.79 Å². The molecule has 1 aliphatic heterocycles. The number of aryl methyl sites for hydroxylation is 2. The van der Waals surface area contributed by atoms with Crippen molar-refractivity contribution in [2.45, 2.75) is 39.7 Å². The molecule has 1 aromatic carbocycles. The van der Waals surface area contributed by atoms with Crippen molar-refractivity contribution in [2.24, 2.45) is 0 Å². The fourth-order valence-corrected chi connectivity index (χ4v) is 2.77. The van der Waals surface area contributed by atoms with Crippen molar-refractivity contribution in [3.05, 3.63) is 29.3 Å². The number of esters is 1. The van der Waals surface area contributed by atoms with Crippen molar-refractivity contribution < 1.29 is 23.9 Å². The standard InChI is InChI=1S/C19H25N3O5/c1-12-7-8-15(13(2)10-12)20-18(25)14(3)27-17(24)6-5-9-22-16(23)11-21(4)19(22)26/h7-8,10,14H,5-6,9,11H2,1-4H3,(H,20,25)/t14-/m1/s1. The molecule has 0 aliphatic carbocycles. The number of hydrogen-bond donors (Lipinski definition) is 1. The van der Waals surface area contributed by atoms with Gasteiger partial charge in [-0.3, -0.25) is 19.3 Å². The zero-order valence-electron chi connectivity index (χ0n) is 16.1. The number of nitrogens with zero attached hydrogens (tertiary/aromatic N) is 2. The Kier molecular flexibility index (Phi) is 6.55. The molecule has 0 spiro atoms. The summed E-state index contributed by atoms with van der Waals surface area (Å²) >= 11 is 0. The van der Waals surface area contributed by atoms with Gasteiger partial charge in [-0.1, -0.05) is 17.7 Å². The molecular formula is C19H25N3O5. The van der Waals surface area contributed by atoms with Crippen molar-refractivity contribution in [1.29, 1.82) is 0 Å². The molecule has 1 atom stereocenters. The first-order chi connectivity index (χ1) is 12.7. The highest BCUT2D eigenvalue weighted by molar-refractivity contribution is 6.01. The van der Waals surface area contributed by atoms with E-state index in [0.29, 0.717) is 5.69 Å². The molecule has 4 amide bonds.